The van der Waals surface area contributed by atoms with Gasteiger partial charge in [0.15, 0.2) is 0 Å². The lowest BCUT2D eigenvalue weighted by molar-refractivity contribution is 0.539. The summed E-state index contributed by atoms with van der Waals surface area (Å²) in [6, 6.07) is 9.59. The molecule has 0 heterocycles. The molecular formula is C16H15BrClF2N. The van der Waals surface area contributed by atoms with Gasteiger partial charge in [0.2, 0.25) is 0 Å². The molecule has 1 N–H and O–H groups in total. The van der Waals surface area contributed by atoms with Crippen LogP contribution in [0.2, 0.25) is 5.02 Å². The number of rotatable bonds is 5. The van der Waals surface area contributed by atoms with Gasteiger partial charge >= 0.3 is 0 Å². The van der Waals surface area contributed by atoms with Crippen LogP contribution in [0.3, 0.4) is 0 Å². The highest BCUT2D eigenvalue weighted by atomic mass is 79.9. The minimum atomic E-state index is -0.439. The van der Waals surface area contributed by atoms with E-state index in [0.29, 0.717) is 16.5 Å². The molecule has 1 atom stereocenters. The Morgan fingerprint density at radius 2 is 1.95 bits per heavy atom. The van der Waals surface area contributed by atoms with Gasteiger partial charge in [-0.3, -0.25) is 0 Å². The Bertz CT molecular complexity index is 634. The first-order valence-electron chi connectivity index (χ1n) is 6.64. The van der Waals surface area contributed by atoms with E-state index >= 15 is 0 Å². The summed E-state index contributed by atoms with van der Waals surface area (Å²) in [7, 11) is 0. The molecule has 0 aliphatic heterocycles. The van der Waals surface area contributed by atoms with Gasteiger partial charge in [-0.15, -0.1) is 0 Å². The van der Waals surface area contributed by atoms with Crippen molar-refractivity contribution in [3.05, 3.63) is 68.7 Å². The summed E-state index contributed by atoms with van der Waals surface area (Å²) in [5, 5.41) is 3.40. The standard InChI is InChI=1S/C16H15BrClF2N/c1-2-21-15(10-6-7-12(17)14(20)8-10)9-11-4-3-5-13(19)16(11)18/h3-8,15,21H,2,9H2,1H3. The summed E-state index contributed by atoms with van der Waals surface area (Å²) in [4.78, 5) is 0. The monoisotopic (exact) mass is 373 g/mol. The number of hydrogen-bond donors (Lipinski definition) is 1. The predicted molar refractivity (Wildman–Crippen MR) is 85.6 cm³/mol. The van der Waals surface area contributed by atoms with E-state index < -0.39 is 5.82 Å². The molecular weight excluding hydrogens is 360 g/mol. The summed E-state index contributed by atoms with van der Waals surface area (Å²) in [6.45, 7) is 2.69. The number of hydrogen-bond acceptors (Lipinski definition) is 1. The lowest BCUT2D eigenvalue weighted by atomic mass is 9.98. The van der Waals surface area contributed by atoms with Crippen LogP contribution in [0.1, 0.15) is 24.1 Å². The van der Waals surface area contributed by atoms with Crippen molar-refractivity contribution in [3.63, 3.8) is 0 Å². The van der Waals surface area contributed by atoms with Gasteiger partial charge in [0.1, 0.15) is 11.6 Å². The lowest BCUT2D eigenvalue weighted by Crippen LogP contribution is -2.23. The van der Waals surface area contributed by atoms with Crippen LogP contribution in [-0.4, -0.2) is 6.54 Å². The molecule has 0 bridgehead atoms. The molecule has 2 aromatic rings. The van der Waals surface area contributed by atoms with E-state index in [-0.39, 0.29) is 16.9 Å². The van der Waals surface area contributed by atoms with Crippen LogP contribution >= 0.6 is 27.5 Å². The number of likely N-dealkylation sites (N-methyl/N-ethyl adjacent to an activating group) is 1. The van der Waals surface area contributed by atoms with Gasteiger partial charge in [-0.2, -0.15) is 0 Å². The maximum atomic E-state index is 13.7. The Labute approximate surface area is 136 Å². The summed E-state index contributed by atoms with van der Waals surface area (Å²) in [5.74, 6) is -0.757. The average molecular weight is 375 g/mol. The SMILES string of the molecule is CCNC(Cc1cccc(F)c1Cl)c1ccc(Br)c(F)c1. The molecule has 1 unspecified atom stereocenters. The lowest BCUT2D eigenvalue weighted by Gasteiger charge is -2.19. The fourth-order valence-electron chi connectivity index (χ4n) is 2.21. The third-order valence-corrected chi connectivity index (χ3v) is 4.32. The van der Waals surface area contributed by atoms with Crippen molar-refractivity contribution in [1.29, 1.82) is 0 Å². The van der Waals surface area contributed by atoms with E-state index in [1.165, 1.54) is 12.1 Å². The van der Waals surface area contributed by atoms with Crippen LogP contribution in [0.5, 0.6) is 0 Å². The van der Waals surface area contributed by atoms with E-state index in [1.807, 2.05) is 13.0 Å². The zero-order valence-electron chi connectivity index (χ0n) is 11.5. The van der Waals surface area contributed by atoms with Gasteiger partial charge in [-0.25, -0.2) is 8.78 Å². The zero-order valence-corrected chi connectivity index (χ0v) is 13.8. The molecule has 2 aromatic carbocycles. The van der Waals surface area contributed by atoms with Crippen molar-refractivity contribution in [2.75, 3.05) is 6.54 Å². The normalized spacial score (nSPS) is 12.4. The van der Waals surface area contributed by atoms with Gasteiger partial charge in [-0.1, -0.05) is 36.7 Å². The van der Waals surface area contributed by atoms with Gasteiger partial charge in [0.05, 0.1) is 9.50 Å². The molecule has 0 amide bonds. The molecule has 2 rings (SSSR count). The van der Waals surface area contributed by atoms with Crippen LogP contribution in [0.15, 0.2) is 40.9 Å². The summed E-state index contributed by atoms with van der Waals surface area (Å²) in [5.41, 5.74) is 1.50. The zero-order chi connectivity index (χ0) is 15.4. The van der Waals surface area contributed by atoms with Crippen molar-refractivity contribution in [2.45, 2.75) is 19.4 Å². The largest absolute Gasteiger partial charge is 0.310 e. The van der Waals surface area contributed by atoms with Crippen molar-refractivity contribution in [2.24, 2.45) is 0 Å². The van der Waals surface area contributed by atoms with Crippen molar-refractivity contribution in [1.82, 2.24) is 5.32 Å². The van der Waals surface area contributed by atoms with Crippen LogP contribution in [0.4, 0.5) is 8.78 Å². The quantitative estimate of drug-likeness (QED) is 0.751. The molecule has 5 heteroatoms. The van der Waals surface area contributed by atoms with Crippen molar-refractivity contribution < 1.29 is 8.78 Å². The smallest absolute Gasteiger partial charge is 0.142 e. The predicted octanol–water partition coefficient (Wildman–Crippen LogP) is 5.27. The molecule has 0 saturated carbocycles. The Morgan fingerprint density at radius 1 is 1.19 bits per heavy atom. The maximum Gasteiger partial charge on any atom is 0.142 e. The molecule has 0 aliphatic carbocycles. The minimum Gasteiger partial charge on any atom is -0.310 e. The second-order valence-corrected chi connectivity index (χ2v) is 5.93. The molecule has 0 radical (unpaired) electrons. The van der Waals surface area contributed by atoms with E-state index in [0.717, 1.165) is 12.1 Å². The van der Waals surface area contributed by atoms with Gasteiger partial charge in [0.25, 0.3) is 0 Å². The molecule has 112 valence electrons. The topological polar surface area (TPSA) is 12.0 Å². The molecule has 1 nitrogen and oxygen atoms in total. The second-order valence-electron chi connectivity index (χ2n) is 4.70. The Morgan fingerprint density at radius 3 is 2.62 bits per heavy atom. The molecule has 0 aromatic heterocycles. The maximum absolute atomic E-state index is 13.7. The Kier molecular flexibility index (Phi) is 5.73. The first kappa shape index (κ1) is 16.4. The third-order valence-electron chi connectivity index (χ3n) is 3.25. The average Bonchev–Trinajstić information content (AvgIpc) is 2.46. The number of nitrogens with one attached hydrogen (secondary N) is 1. The van der Waals surface area contributed by atoms with Gasteiger partial charge in [0, 0.05) is 6.04 Å². The number of benzene rings is 2. The molecule has 0 fully saturated rings. The minimum absolute atomic E-state index is 0.123. The van der Waals surface area contributed by atoms with Crippen molar-refractivity contribution >= 4 is 27.5 Å². The van der Waals surface area contributed by atoms with Crippen LogP contribution in [0, 0.1) is 11.6 Å². The fraction of sp³-hybridized carbons (Fsp3) is 0.250. The third kappa shape index (κ3) is 4.02. The van der Waals surface area contributed by atoms with Gasteiger partial charge in [-0.05, 0) is 58.2 Å². The van der Waals surface area contributed by atoms with E-state index in [2.05, 4.69) is 21.2 Å². The summed E-state index contributed by atoms with van der Waals surface area (Å²) >= 11 is 9.14. The van der Waals surface area contributed by atoms with Crippen LogP contribution in [0.25, 0.3) is 0 Å². The summed E-state index contributed by atoms with van der Waals surface area (Å²) in [6.07, 6.45) is 0.492. The first-order valence-corrected chi connectivity index (χ1v) is 7.81. The summed E-state index contributed by atoms with van der Waals surface area (Å²) < 4.78 is 27.6. The number of halogens is 4. The first-order chi connectivity index (χ1) is 10.0. The van der Waals surface area contributed by atoms with Crippen LogP contribution in [-0.2, 0) is 6.42 Å². The van der Waals surface area contributed by atoms with Crippen LogP contribution < -0.4 is 5.32 Å². The molecule has 21 heavy (non-hydrogen) atoms. The molecule has 0 aliphatic rings. The van der Waals surface area contributed by atoms with Crippen molar-refractivity contribution in [3.8, 4) is 0 Å². The van der Waals surface area contributed by atoms with E-state index in [1.54, 1.807) is 18.2 Å². The highest BCUT2D eigenvalue weighted by Gasteiger charge is 2.16. The second kappa shape index (κ2) is 7.34. The molecule has 0 spiro atoms. The molecule has 0 saturated heterocycles. The van der Waals surface area contributed by atoms with E-state index in [9.17, 15) is 8.78 Å². The fourth-order valence-corrected chi connectivity index (χ4v) is 2.66. The highest BCUT2D eigenvalue weighted by molar-refractivity contribution is 9.10. The van der Waals surface area contributed by atoms with E-state index in [4.69, 9.17) is 11.6 Å². The highest BCUT2D eigenvalue weighted by Crippen LogP contribution is 2.27. The Balaban J connectivity index is 2.30. The Hall–Kier alpha value is -0.970. The van der Waals surface area contributed by atoms with Gasteiger partial charge < -0.3 is 5.32 Å².